The van der Waals surface area contributed by atoms with Crippen molar-refractivity contribution < 1.29 is 14.4 Å². The molecular weight excluding hydrogens is 300 g/mol. The van der Waals surface area contributed by atoms with Crippen LogP contribution in [0.15, 0.2) is 54.9 Å². The Labute approximate surface area is 142 Å². The third kappa shape index (κ3) is 3.60. The van der Waals surface area contributed by atoms with Crippen molar-refractivity contribution in [3.05, 3.63) is 60.4 Å². The highest BCUT2D eigenvalue weighted by molar-refractivity contribution is 5.71. The highest BCUT2D eigenvalue weighted by Gasteiger charge is 2.16. The lowest BCUT2D eigenvalue weighted by Gasteiger charge is -2.12. The first-order valence-electron chi connectivity index (χ1n) is 8.39. The number of aliphatic hydroxyl groups is 1. The summed E-state index contributed by atoms with van der Waals surface area (Å²) < 4.78 is 9.85. The maximum absolute atomic E-state index is 10.3. The summed E-state index contributed by atoms with van der Waals surface area (Å²) in [6, 6.07) is 16.3. The van der Waals surface area contributed by atoms with Crippen LogP contribution in [0.25, 0.3) is 11.0 Å². The van der Waals surface area contributed by atoms with E-state index in [9.17, 15) is 5.11 Å². The minimum absolute atomic E-state index is 0.275. The number of hydrogen-bond donors (Lipinski definition) is 1. The molecule has 4 nitrogen and oxygen atoms in total. The van der Waals surface area contributed by atoms with Crippen molar-refractivity contribution in [1.29, 1.82) is 0 Å². The zero-order chi connectivity index (χ0) is 17.1. The molecule has 1 N–H and O–H groups in total. The quantitative estimate of drug-likeness (QED) is 0.708. The molecule has 3 aromatic rings. The molecule has 1 heterocycles. The molecule has 24 heavy (non-hydrogen) atoms. The lowest BCUT2D eigenvalue weighted by Crippen LogP contribution is -2.27. The molecule has 0 saturated heterocycles. The highest BCUT2D eigenvalue weighted by atomic mass is 16.5. The molecule has 4 heteroatoms. The van der Waals surface area contributed by atoms with E-state index in [1.165, 1.54) is 5.56 Å². The molecule has 1 atom stereocenters. The number of rotatable bonds is 6. The first-order valence-corrected chi connectivity index (χ1v) is 8.39. The van der Waals surface area contributed by atoms with Crippen molar-refractivity contribution in [1.82, 2.24) is 4.57 Å². The summed E-state index contributed by atoms with van der Waals surface area (Å²) in [5, 5.41) is 10.3. The van der Waals surface area contributed by atoms with Gasteiger partial charge in [0.05, 0.1) is 7.05 Å². The standard InChI is InChI=1S/C20H25N2O2/c1-15(2)16-8-10-18(11-9-16)24-13-17(23)12-22-14-21(3)19-6-4-5-7-20(19)22/h4-11,14-15,17,23H,12-13H2,1-3H3/q+1/t17-/m1/s1. The zero-order valence-corrected chi connectivity index (χ0v) is 14.5. The van der Waals surface area contributed by atoms with Gasteiger partial charge in [0.15, 0.2) is 11.0 Å². The van der Waals surface area contributed by atoms with Gasteiger partial charge in [-0.05, 0) is 35.7 Å². The van der Waals surface area contributed by atoms with E-state index in [-0.39, 0.29) is 6.61 Å². The van der Waals surface area contributed by atoms with Crippen LogP contribution in [-0.4, -0.2) is 22.4 Å². The molecule has 0 aliphatic carbocycles. The van der Waals surface area contributed by atoms with Crippen molar-refractivity contribution in [3.8, 4) is 5.75 Å². The Morgan fingerprint density at radius 2 is 1.79 bits per heavy atom. The molecule has 0 amide bonds. The van der Waals surface area contributed by atoms with Crippen LogP contribution in [0.2, 0.25) is 0 Å². The number of aromatic nitrogens is 2. The molecule has 0 bridgehead atoms. The predicted octanol–water partition coefficient (Wildman–Crippen LogP) is 3.03. The molecule has 0 aliphatic rings. The first-order chi connectivity index (χ1) is 11.5. The predicted molar refractivity (Wildman–Crippen MR) is 95.1 cm³/mol. The number of nitrogens with zero attached hydrogens (tertiary/aromatic N) is 2. The maximum atomic E-state index is 10.3. The van der Waals surface area contributed by atoms with Crippen molar-refractivity contribution in [2.75, 3.05) is 6.61 Å². The summed E-state index contributed by atoms with van der Waals surface area (Å²) in [4.78, 5) is 0. The lowest BCUT2D eigenvalue weighted by atomic mass is 10.0. The molecule has 0 fully saturated rings. The second-order valence-corrected chi connectivity index (χ2v) is 6.56. The third-order valence-corrected chi connectivity index (χ3v) is 4.28. The van der Waals surface area contributed by atoms with Gasteiger partial charge >= 0.3 is 0 Å². The fourth-order valence-corrected chi connectivity index (χ4v) is 2.91. The summed E-state index contributed by atoms with van der Waals surface area (Å²) in [6.07, 6.45) is 1.44. The van der Waals surface area contributed by atoms with Crippen molar-refractivity contribution in [2.24, 2.45) is 7.05 Å². The summed E-state index contributed by atoms with van der Waals surface area (Å²) >= 11 is 0. The normalized spacial score (nSPS) is 12.7. The van der Waals surface area contributed by atoms with E-state index in [1.807, 2.05) is 37.6 Å². The van der Waals surface area contributed by atoms with Crippen LogP contribution < -0.4 is 9.30 Å². The van der Waals surface area contributed by atoms with E-state index in [4.69, 9.17) is 4.74 Å². The Balaban J connectivity index is 1.62. The number of aliphatic hydroxyl groups excluding tert-OH is 1. The van der Waals surface area contributed by atoms with Gasteiger partial charge in [0.2, 0.25) is 6.33 Å². The van der Waals surface area contributed by atoms with Crippen LogP contribution in [-0.2, 0) is 13.6 Å². The van der Waals surface area contributed by atoms with E-state index in [1.54, 1.807) is 0 Å². The molecule has 0 spiro atoms. The largest absolute Gasteiger partial charge is 0.491 e. The van der Waals surface area contributed by atoms with Crippen LogP contribution in [0.1, 0.15) is 25.3 Å². The van der Waals surface area contributed by atoms with Crippen LogP contribution in [0.5, 0.6) is 5.75 Å². The van der Waals surface area contributed by atoms with Gasteiger partial charge in [-0.2, -0.15) is 0 Å². The van der Waals surface area contributed by atoms with E-state index in [2.05, 4.69) is 47.2 Å². The minimum Gasteiger partial charge on any atom is -0.491 e. The lowest BCUT2D eigenvalue weighted by molar-refractivity contribution is -0.645. The number of ether oxygens (including phenoxy) is 1. The number of imidazole rings is 1. The topological polar surface area (TPSA) is 38.3 Å². The molecule has 0 radical (unpaired) electrons. The number of para-hydroxylation sites is 2. The number of aryl methyl sites for hydroxylation is 1. The van der Waals surface area contributed by atoms with Crippen LogP contribution >= 0.6 is 0 Å². The van der Waals surface area contributed by atoms with Gasteiger partial charge in [0.1, 0.15) is 25.0 Å². The fourth-order valence-electron chi connectivity index (χ4n) is 2.91. The van der Waals surface area contributed by atoms with Crippen molar-refractivity contribution in [2.45, 2.75) is 32.4 Å². The molecule has 0 unspecified atom stereocenters. The first kappa shape index (κ1) is 16.5. The van der Waals surface area contributed by atoms with Gasteiger partial charge in [0, 0.05) is 0 Å². The summed E-state index contributed by atoms with van der Waals surface area (Å²) in [5.41, 5.74) is 3.55. The number of hydrogen-bond acceptors (Lipinski definition) is 2. The molecular formula is C20H25N2O2+. The van der Waals surface area contributed by atoms with Crippen LogP contribution in [0.4, 0.5) is 0 Å². The Hall–Kier alpha value is -2.33. The van der Waals surface area contributed by atoms with E-state index >= 15 is 0 Å². The average molecular weight is 325 g/mol. The van der Waals surface area contributed by atoms with Gasteiger partial charge in [-0.15, -0.1) is 0 Å². The van der Waals surface area contributed by atoms with Crippen molar-refractivity contribution >= 4 is 11.0 Å². The highest BCUT2D eigenvalue weighted by Crippen LogP contribution is 2.19. The van der Waals surface area contributed by atoms with Crippen LogP contribution in [0, 0.1) is 0 Å². The van der Waals surface area contributed by atoms with Crippen LogP contribution in [0.3, 0.4) is 0 Å². The minimum atomic E-state index is -0.564. The Morgan fingerprint density at radius 3 is 2.50 bits per heavy atom. The second-order valence-electron chi connectivity index (χ2n) is 6.56. The van der Waals surface area contributed by atoms with Gasteiger partial charge in [-0.3, -0.25) is 0 Å². The summed E-state index contributed by atoms with van der Waals surface area (Å²) in [6.45, 7) is 5.12. The Kier molecular flexibility index (Phi) is 4.86. The molecule has 1 aromatic heterocycles. The van der Waals surface area contributed by atoms with Gasteiger partial charge in [-0.25, -0.2) is 9.13 Å². The molecule has 0 saturated carbocycles. The maximum Gasteiger partial charge on any atom is 0.244 e. The second kappa shape index (κ2) is 7.05. The Bertz CT molecular complexity index is 806. The van der Waals surface area contributed by atoms with Gasteiger partial charge in [0.25, 0.3) is 0 Å². The van der Waals surface area contributed by atoms with Crippen molar-refractivity contribution in [3.63, 3.8) is 0 Å². The SMILES string of the molecule is CC(C)c1ccc(OC[C@H](O)Cn2c[n+](C)c3ccccc32)cc1. The zero-order valence-electron chi connectivity index (χ0n) is 14.5. The molecule has 126 valence electrons. The van der Waals surface area contributed by atoms with E-state index in [0.717, 1.165) is 16.8 Å². The summed E-state index contributed by atoms with van der Waals surface area (Å²) in [5.74, 6) is 1.30. The van der Waals surface area contributed by atoms with E-state index in [0.29, 0.717) is 12.5 Å². The third-order valence-electron chi connectivity index (χ3n) is 4.28. The number of fused-ring (bicyclic) bond motifs is 1. The Morgan fingerprint density at radius 1 is 1.08 bits per heavy atom. The molecule has 0 aliphatic heterocycles. The summed E-state index contributed by atoms with van der Waals surface area (Å²) in [7, 11) is 2.01. The monoisotopic (exact) mass is 325 g/mol. The average Bonchev–Trinajstić information content (AvgIpc) is 2.90. The van der Waals surface area contributed by atoms with Gasteiger partial charge < -0.3 is 9.84 Å². The smallest absolute Gasteiger partial charge is 0.244 e. The number of benzene rings is 2. The van der Waals surface area contributed by atoms with Gasteiger partial charge in [-0.1, -0.05) is 38.1 Å². The molecule has 3 rings (SSSR count). The molecule has 2 aromatic carbocycles. The fraction of sp³-hybridized carbons (Fsp3) is 0.350. The van der Waals surface area contributed by atoms with E-state index < -0.39 is 6.10 Å².